The van der Waals surface area contributed by atoms with Gasteiger partial charge in [0.05, 0.1) is 24.6 Å². The van der Waals surface area contributed by atoms with Crippen LogP contribution in [0.5, 0.6) is 0 Å². The van der Waals surface area contributed by atoms with E-state index in [1.54, 1.807) is 11.3 Å². The fraction of sp³-hybridized carbons (Fsp3) is 0.571. The highest BCUT2D eigenvalue weighted by molar-refractivity contribution is 7.16. The molecule has 6 heteroatoms. The summed E-state index contributed by atoms with van der Waals surface area (Å²) in [6.07, 6.45) is 4.08. The lowest BCUT2D eigenvalue weighted by Gasteiger charge is -2.37. The van der Waals surface area contributed by atoms with Crippen molar-refractivity contribution in [1.82, 2.24) is 14.9 Å². The van der Waals surface area contributed by atoms with Gasteiger partial charge < -0.3 is 10.5 Å². The van der Waals surface area contributed by atoms with E-state index in [-0.39, 0.29) is 0 Å². The Bertz CT molecular complexity index is 629. The largest absolute Gasteiger partial charge is 0.383 e. The van der Waals surface area contributed by atoms with Crippen molar-refractivity contribution in [3.63, 3.8) is 0 Å². The number of ether oxygens (including phenoxy) is 1. The molecule has 2 unspecified atom stereocenters. The highest BCUT2D eigenvalue weighted by Gasteiger charge is 2.36. The number of nitrogen functional groups attached to an aromatic ring is 1. The zero-order valence-corrected chi connectivity index (χ0v) is 12.1. The van der Waals surface area contributed by atoms with Crippen molar-refractivity contribution in [2.75, 3.05) is 18.9 Å². The quantitative estimate of drug-likeness (QED) is 0.917. The molecule has 1 saturated heterocycles. The molecule has 3 heterocycles. The number of hydrogen-bond donors (Lipinski definition) is 1. The molecule has 1 aliphatic heterocycles. The van der Waals surface area contributed by atoms with Gasteiger partial charge in [0.25, 0.3) is 0 Å². The summed E-state index contributed by atoms with van der Waals surface area (Å²) in [5.74, 6) is 1.44. The van der Waals surface area contributed by atoms with Crippen molar-refractivity contribution in [3.8, 4) is 0 Å². The molecule has 20 heavy (non-hydrogen) atoms. The molecular formula is C14H18N4OS. The van der Waals surface area contributed by atoms with Gasteiger partial charge in [0, 0.05) is 12.6 Å². The van der Waals surface area contributed by atoms with E-state index in [9.17, 15) is 0 Å². The number of fused-ring (bicyclic) bond motifs is 2. The SMILES string of the molecule is Nc1nc(CN2CCOC3CCCC32)nc2sccc12. The molecule has 0 spiro atoms. The Morgan fingerprint density at radius 2 is 2.35 bits per heavy atom. The number of hydrogen-bond acceptors (Lipinski definition) is 6. The Kier molecular flexibility index (Phi) is 3.09. The number of morpholine rings is 1. The Morgan fingerprint density at radius 3 is 3.30 bits per heavy atom. The van der Waals surface area contributed by atoms with Gasteiger partial charge in [-0.15, -0.1) is 11.3 Å². The van der Waals surface area contributed by atoms with E-state index in [1.807, 2.05) is 11.4 Å². The van der Waals surface area contributed by atoms with Crippen LogP contribution in [0.15, 0.2) is 11.4 Å². The summed E-state index contributed by atoms with van der Waals surface area (Å²) in [7, 11) is 0. The lowest BCUT2D eigenvalue weighted by molar-refractivity contribution is -0.0595. The van der Waals surface area contributed by atoms with Gasteiger partial charge in [-0.05, 0) is 30.7 Å². The van der Waals surface area contributed by atoms with E-state index >= 15 is 0 Å². The number of nitrogens with zero attached hydrogens (tertiary/aromatic N) is 3. The minimum atomic E-state index is 0.409. The zero-order chi connectivity index (χ0) is 13.5. The molecule has 2 aromatic heterocycles. The van der Waals surface area contributed by atoms with Crippen LogP contribution in [-0.2, 0) is 11.3 Å². The maximum atomic E-state index is 6.03. The molecule has 2 aromatic rings. The first kappa shape index (κ1) is 12.5. The van der Waals surface area contributed by atoms with Crippen LogP contribution < -0.4 is 5.73 Å². The van der Waals surface area contributed by atoms with E-state index in [0.717, 1.165) is 35.7 Å². The average Bonchev–Trinajstić information content (AvgIpc) is 3.06. The fourth-order valence-electron chi connectivity index (χ4n) is 3.38. The monoisotopic (exact) mass is 290 g/mol. The van der Waals surface area contributed by atoms with Crippen molar-refractivity contribution < 1.29 is 4.74 Å². The normalized spacial score (nSPS) is 27.0. The summed E-state index contributed by atoms with van der Waals surface area (Å²) in [5.41, 5.74) is 6.03. The van der Waals surface area contributed by atoms with Crippen LogP contribution in [0.1, 0.15) is 25.1 Å². The Labute approximate surface area is 121 Å². The summed E-state index contributed by atoms with van der Waals surface area (Å²) in [6.45, 7) is 2.56. The van der Waals surface area contributed by atoms with Crippen LogP contribution in [-0.4, -0.2) is 40.2 Å². The van der Waals surface area contributed by atoms with Crippen LogP contribution in [0.4, 0.5) is 5.82 Å². The summed E-state index contributed by atoms with van der Waals surface area (Å²) in [4.78, 5) is 12.6. The van der Waals surface area contributed by atoms with Crippen molar-refractivity contribution in [3.05, 3.63) is 17.3 Å². The van der Waals surface area contributed by atoms with Crippen LogP contribution in [0.2, 0.25) is 0 Å². The molecule has 0 amide bonds. The van der Waals surface area contributed by atoms with Crippen molar-refractivity contribution in [2.24, 2.45) is 0 Å². The predicted octanol–water partition coefficient (Wildman–Crippen LogP) is 2.03. The molecule has 5 nitrogen and oxygen atoms in total. The van der Waals surface area contributed by atoms with Crippen molar-refractivity contribution >= 4 is 27.4 Å². The lowest BCUT2D eigenvalue weighted by atomic mass is 10.1. The van der Waals surface area contributed by atoms with Gasteiger partial charge in [-0.3, -0.25) is 4.90 Å². The average molecular weight is 290 g/mol. The van der Waals surface area contributed by atoms with Crippen molar-refractivity contribution in [1.29, 1.82) is 0 Å². The van der Waals surface area contributed by atoms with Gasteiger partial charge in [0.2, 0.25) is 0 Å². The standard InChI is InChI=1S/C14H18N4OS/c15-13-9-4-7-20-14(9)17-12(16-13)8-18-5-6-19-11-3-1-2-10(11)18/h4,7,10-11H,1-3,5-6,8H2,(H2,15,16,17). The number of anilines is 1. The molecule has 2 N–H and O–H groups in total. The first-order valence-corrected chi connectivity index (χ1v) is 8.04. The molecule has 106 valence electrons. The van der Waals surface area contributed by atoms with Crippen molar-refractivity contribution in [2.45, 2.75) is 38.0 Å². The van der Waals surface area contributed by atoms with E-state index in [2.05, 4.69) is 14.9 Å². The van der Waals surface area contributed by atoms with E-state index < -0.39 is 0 Å². The predicted molar refractivity (Wildman–Crippen MR) is 79.6 cm³/mol. The number of aromatic nitrogens is 2. The fourth-order valence-corrected chi connectivity index (χ4v) is 4.17. The van der Waals surface area contributed by atoms with Crippen LogP contribution in [0.25, 0.3) is 10.2 Å². The molecule has 0 bridgehead atoms. The third kappa shape index (κ3) is 2.08. The molecule has 1 aliphatic carbocycles. The van der Waals surface area contributed by atoms with E-state index in [4.69, 9.17) is 10.5 Å². The van der Waals surface area contributed by atoms with Crippen LogP contribution in [0.3, 0.4) is 0 Å². The molecular weight excluding hydrogens is 272 g/mol. The number of thiophene rings is 1. The second-order valence-corrected chi connectivity index (χ2v) is 6.44. The topological polar surface area (TPSA) is 64.3 Å². The van der Waals surface area contributed by atoms with Crippen LogP contribution in [0, 0.1) is 0 Å². The second-order valence-electron chi connectivity index (χ2n) is 5.54. The summed E-state index contributed by atoms with van der Waals surface area (Å²) in [6, 6.07) is 2.52. The van der Waals surface area contributed by atoms with Gasteiger partial charge in [0.1, 0.15) is 16.5 Å². The highest BCUT2D eigenvalue weighted by atomic mass is 32.1. The summed E-state index contributed by atoms with van der Waals surface area (Å²) < 4.78 is 5.85. The number of rotatable bonds is 2. The first-order valence-electron chi connectivity index (χ1n) is 7.16. The molecule has 0 aromatic carbocycles. The Morgan fingerprint density at radius 1 is 1.40 bits per heavy atom. The van der Waals surface area contributed by atoms with Gasteiger partial charge >= 0.3 is 0 Å². The molecule has 4 rings (SSSR count). The minimum Gasteiger partial charge on any atom is -0.383 e. The molecule has 0 radical (unpaired) electrons. The molecule has 2 fully saturated rings. The second kappa shape index (κ2) is 4.95. The third-order valence-electron chi connectivity index (χ3n) is 4.34. The van der Waals surface area contributed by atoms with Gasteiger partial charge in [0.15, 0.2) is 0 Å². The Balaban J connectivity index is 1.60. The maximum Gasteiger partial charge on any atom is 0.146 e. The summed E-state index contributed by atoms with van der Waals surface area (Å²) >= 11 is 1.62. The van der Waals surface area contributed by atoms with Crippen LogP contribution >= 0.6 is 11.3 Å². The maximum absolute atomic E-state index is 6.03. The molecule has 2 atom stereocenters. The smallest absolute Gasteiger partial charge is 0.146 e. The number of nitrogens with two attached hydrogens (primary N) is 1. The summed E-state index contributed by atoms with van der Waals surface area (Å²) in [5, 5.41) is 2.99. The van der Waals surface area contributed by atoms with E-state index in [1.165, 1.54) is 19.3 Å². The third-order valence-corrected chi connectivity index (χ3v) is 5.15. The Hall–Kier alpha value is -1.24. The van der Waals surface area contributed by atoms with E-state index in [0.29, 0.717) is 18.0 Å². The molecule has 1 saturated carbocycles. The minimum absolute atomic E-state index is 0.409. The molecule has 2 aliphatic rings. The highest BCUT2D eigenvalue weighted by Crippen LogP contribution is 2.31. The van der Waals surface area contributed by atoms with Gasteiger partial charge in [-0.1, -0.05) is 0 Å². The van der Waals surface area contributed by atoms with Gasteiger partial charge in [-0.2, -0.15) is 0 Å². The zero-order valence-electron chi connectivity index (χ0n) is 11.3. The van der Waals surface area contributed by atoms with Gasteiger partial charge in [-0.25, -0.2) is 9.97 Å². The first-order chi connectivity index (χ1) is 9.81. The lowest BCUT2D eigenvalue weighted by Crippen LogP contribution is -2.48.